The summed E-state index contributed by atoms with van der Waals surface area (Å²) in [6.45, 7) is 5.22. The molecule has 0 N–H and O–H groups in total. The Morgan fingerprint density at radius 1 is 1.17 bits per heavy atom. The molecule has 0 radical (unpaired) electrons. The van der Waals surface area contributed by atoms with Gasteiger partial charge < -0.3 is 4.74 Å². The van der Waals surface area contributed by atoms with Crippen LogP contribution in [0.15, 0.2) is 24.3 Å². The van der Waals surface area contributed by atoms with Crippen LogP contribution in [0.5, 0.6) is 5.75 Å². The van der Waals surface area contributed by atoms with Gasteiger partial charge in [0.25, 0.3) is 0 Å². The Bertz CT molecular complexity index is 497. The van der Waals surface area contributed by atoms with E-state index >= 15 is 0 Å². The highest BCUT2D eigenvalue weighted by Crippen LogP contribution is 2.30. The van der Waals surface area contributed by atoms with Crippen molar-refractivity contribution in [1.29, 1.82) is 0 Å². The third kappa shape index (κ3) is 2.84. The normalized spacial score (nSPS) is 13.9. The first-order chi connectivity index (χ1) is 8.32. The minimum Gasteiger partial charge on any atom is -0.496 e. The molecule has 4 nitrogen and oxygen atoms in total. The average Bonchev–Trinajstić information content (AvgIpc) is 2.36. The second kappa shape index (κ2) is 5.71. The Hall–Kier alpha value is -1.07. The van der Waals surface area contributed by atoms with Gasteiger partial charge in [-0.25, -0.2) is 8.42 Å². The predicted octanol–water partition coefficient (Wildman–Crippen LogP) is 2.43. The molecule has 1 unspecified atom stereocenters. The van der Waals surface area contributed by atoms with Gasteiger partial charge >= 0.3 is 0 Å². The Morgan fingerprint density at radius 3 is 2.22 bits per heavy atom. The van der Waals surface area contributed by atoms with Crippen LogP contribution in [0.25, 0.3) is 0 Å². The molecule has 0 spiro atoms. The monoisotopic (exact) mass is 271 g/mol. The van der Waals surface area contributed by atoms with Crippen LogP contribution in [0.2, 0.25) is 0 Å². The Labute approximate surface area is 110 Å². The van der Waals surface area contributed by atoms with E-state index in [0.29, 0.717) is 5.75 Å². The number of ether oxygens (including phenoxy) is 1. The zero-order valence-electron chi connectivity index (χ0n) is 11.5. The summed E-state index contributed by atoms with van der Waals surface area (Å²) in [7, 11) is -0.0821. The summed E-state index contributed by atoms with van der Waals surface area (Å²) in [5.74, 6) is 0.704. The molecule has 0 saturated heterocycles. The molecule has 0 bridgehead atoms. The molecule has 0 aliphatic rings. The maximum Gasteiger partial charge on any atom is 0.216 e. The zero-order valence-corrected chi connectivity index (χ0v) is 12.4. The lowest BCUT2D eigenvalue weighted by Gasteiger charge is -2.27. The Kier molecular flexibility index (Phi) is 4.76. The van der Waals surface area contributed by atoms with Crippen molar-refractivity contribution in [2.75, 3.05) is 14.2 Å². The van der Waals surface area contributed by atoms with Gasteiger partial charge in [0.1, 0.15) is 5.75 Å². The second-order valence-corrected chi connectivity index (χ2v) is 7.08. The maximum absolute atomic E-state index is 12.1. The van der Waals surface area contributed by atoms with Crippen molar-refractivity contribution < 1.29 is 13.2 Å². The number of sulfonamides is 1. The molecule has 1 aromatic rings. The fraction of sp³-hybridized carbons (Fsp3) is 0.538. The maximum atomic E-state index is 12.1. The van der Waals surface area contributed by atoms with E-state index in [1.54, 1.807) is 28.0 Å². The third-order valence-electron chi connectivity index (χ3n) is 3.13. The number of para-hydroxylation sites is 1. The number of rotatable bonds is 5. The molecule has 1 rings (SSSR count). The molecular formula is C13H21NO3S. The molecule has 102 valence electrons. The minimum atomic E-state index is -3.27. The molecule has 1 aromatic carbocycles. The van der Waals surface area contributed by atoms with Gasteiger partial charge in [0.2, 0.25) is 10.0 Å². The molecule has 0 saturated carbocycles. The molecule has 18 heavy (non-hydrogen) atoms. The number of methoxy groups -OCH3 is 1. The summed E-state index contributed by atoms with van der Waals surface area (Å²) in [6.07, 6.45) is 0. The molecule has 0 amide bonds. The summed E-state index contributed by atoms with van der Waals surface area (Å²) >= 11 is 0. The van der Waals surface area contributed by atoms with Gasteiger partial charge in [0.15, 0.2) is 0 Å². The molecule has 0 aliphatic heterocycles. The van der Waals surface area contributed by atoms with Gasteiger partial charge in [0, 0.05) is 12.6 Å². The van der Waals surface area contributed by atoms with Gasteiger partial charge in [-0.15, -0.1) is 0 Å². The van der Waals surface area contributed by atoms with Gasteiger partial charge in [-0.05, 0) is 26.8 Å². The quantitative estimate of drug-likeness (QED) is 0.826. The minimum absolute atomic E-state index is 0.256. The lowest BCUT2D eigenvalue weighted by Crippen LogP contribution is -2.35. The van der Waals surface area contributed by atoms with Gasteiger partial charge in [0.05, 0.1) is 18.4 Å². The standard InChI is InChI=1S/C13H21NO3S/c1-10(2)18(15,16)14(4)11(3)12-8-6-7-9-13(12)17-5/h6-11H,1-5H3. The molecule has 0 aromatic heterocycles. The van der Waals surface area contributed by atoms with E-state index in [1.165, 1.54) is 4.31 Å². The van der Waals surface area contributed by atoms with E-state index in [-0.39, 0.29) is 6.04 Å². The van der Waals surface area contributed by atoms with Gasteiger partial charge in [-0.1, -0.05) is 18.2 Å². The van der Waals surface area contributed by atoms with Crippen molar-refractivity contribution in [2.45, 2.75) is 32.1 Å². The van der Waals surface area contributed by atoms with Gasteiger partial charge in [-0.3, -0.25) is 0 Å². The van der Waals surface area contributed by atoms with E-state index in [4.69, 9.17) is 4.74 Å². The van der Waals surface area contributed by atoms with Crippen molar-refractivity contribution in [1.82, 2.24) is 4.31 Å². The van der Waals surface area contributed by atoms with Crippen LogP contribution in [0, 0.1) is 0 Å². The fourth-order valence-electron chi connectivity index (χ4n) is 1.76. The van der Waals surface area contributed by atoms with Crippen molar-refractivity contribution in [2.24, 2.45) is 0 Å². The number of hydrogen-bond donors (Lipinski definition) is 0. The highest BCUT2D eigenvalue weighted by atomic mass is 32.2. The number of nitrogens with zero attached hydrogens (tertiary/aromatic N) is 1. The van der Waals surface area contributed by atoms with Crippen LogP contribution in [0.1, 0.15) is 32.4 Å². The smallest absolute Gasteiger partial charge is 0.216 e. The lowest BCUT2D eigenvalue weighted by molar-refractivity contribution is 0.365. The third-order valence-corrected chi connectivity index (χ3v) is 5.44. The zero-order chi connectivity index (χ0) is 13.9. The topological polar surface area (TPSA) is 46.6 Å². The average molecular weight is 271 g/mol. The van der Waals surface area contributed by atoms with Crippen LogP contribution in [0.3, 0.4) is 0 Å². The lowest BCUT2D eigenvalue weighted by atomic mass is 10.1. The van der Waals surface area contributed by atoms with E-state index < -0.39 is 15.3 Å². The first-order valence-corrected chi connectivity index (χ1v) is 7.42. The fourth-order valence-corrected chi connectivity index (χ4v) is 2.98. The van der Waals surface area contributed by atoms with E-state index in [9.17, 15) is 8.42 Å². The van der Waals surface area contributed by atoms with Crippen molar-refractivity contribution in [3.63, 3.8) is 0 Å². The van der Waals surface area contributed by atoms with Crippen LogP contribution in [0.4, 0.5) is 0 Å². The summed E-state index contributed by atoms with van der Waals surface area (Å²) < 4.78 is 30.9. The van der Waals surface area contributed by atoms with E-state index in [2.05, 4.69) is 0 Å². The highest BCUT2D eigenvalue weighted by Gasteiger charge is 2.28. The van der Waals surface area contributed by atoms with Crippen LogP contribution in [-0.2, 0) is 10.0 Å². The first-order valence-electron chi connectivity index (χ1n) is 5.92. The van der Waals surface area contributed by atoms with Crippen molar-refractivity contribution in [3.05, 3.63) is 29.8 Å². The molecule has 0 fully saturated rings. The summed E-state index contributed by atoms with van der Waals surface area (Å²) in [5, 5.41) is -0.431. The molecular weight excluding hydrogens is 250 g/mol. The SMILES string of the molecule is COc1ccccc1C(C)N(C)S(=O)(=O)C(C)C. The first kappa shape index (κ1) is 15.0. The summed E-state index contributed by atoms with van der Waals surface area (Å²) in [6, 6.07) is 7.21. The van der Waals surface area contributed by atoms with Crippen molar-refractivity contribution >= 4 is 10.0 Å². The number of benzene rings is 1. The summed E-state index contributed by atoms with van der Waals surface area (Å²) in [4.78, 5) is 0. The van der Waals surface area contributed by atoms with E-state index in [1.807, 2.05) is 31.2 Å². The molecule has 1 atom stereocenters. The van der Waals surface area contributed by atoms with Crippen LogP contribution < -0.4 is 4.74 Å². The predicted molar refractivity (Wildman–Crippen MR) is 73.2 cm³/mol. The summed E-state index contributed by atoms with van der Waals surface area (Å²) in [5.41, 5.74) is 0.867. The highest BCUT2D eigenvalue weighted by molar-refractivity contribution is 7.89. The largest absolute Gasteiger partial charge is 0.496 e. The molecule has 5 heteroatoms. The van der Waals surface area contributed by atoms with Crippen molar-refractivity contribution in [3.8, 4) is 5.75 Å². The van der Waals surface area contributed by atoms with Crippen LogP contribution >= 0.6 is 0 Å². The van der Waals surface area contributed by atoms with E-state index in [0.717, 1.165) is 5.56 Å². The van der Waals surface area contributed by atoms with Crippen LogP contribution in [-0.4, -0.2) is 32.1 Å². The Balaban J connectivity index is 3.11. The second-order valence-electron chi connectivity index (χ2n) is 4.53. The van der Waals surface area contributed by atoms with Gasteiger partial charge in [-0.2, -0.15) is 4.31 Å². The molecule has 0 heterocycles. The molecule has 0 aliphatic carbocycles. The Morgan fingerprint density at radius 2 is 1.72 bits per heavy atom. The number of hydrogen-bond acceptors (Lipinski definition) is 3.